The Morgan fingerprint density at radius 3 is 1.61 bits per heavy atom. The Bertz CT molecular complexity index is 1140. The first kappa shape index (κ1) is 23.1. The molecule has 2 amide bonds. The van der Waals surface area contributed by atoms with Crippen molar-refractivity contribution in [2.45, 2.75) is 0 Å². The normalized spacial score (nSPS) is 10.0. The number of rotatable bonds is 8. The highest BCUT2D eigenvalue weighted by molar-refractivity contribution is 6.29. The molecule has 8 nitrogen and oxygen atoms in total. The van der Waals surface area contributed by atoms with Crippen LogP contribution in [0.15, 0.2) is 78.4 Å². The van der Waals surface area contributed by atoms with Gasteiger partial charge in [0.15, 0.2) is 0 Å². The van der Waals surface area contributed by atoms with Crippen molar-refractivity contribution in [1.82, 2.24) is 0 Å². The van der Waals surface area contributed by atoms with Crippen molar-refractivity contribution in [2.24, 2.45) is 0 Å². The lowest BCUT2D eigenvalue weighted by atomic mass is 10.1. The first-order chi connectivity index (χ1) is 15.9. The van der Waals surface area contributed by atoms with Crippen molar-refractivity contribution < 1.29 is 29.0 Å². The molecule has 0 radical (unpaired) electrons. The summed E-state index contributed by atoms with van der Waals surface area (Å²) in [4.78, 5) is 37.2. The van der Waals surface area contributed by atoms with Crippen molar-refractivity contribution in [2.75, 3.05) is 24.9 Å². The zero-order valence-corrected chi connectivity index (χ0v) is 18.0. The molecule has 0 bridgehead atoms. The number of carbonyl (C=O) groups excluding carboxylic acids is 3. The van der Waals surface area contributed by atoms with E-state index in [1.54, 1.807) is 48.5 Å². The molecule has 3 rings (SSSR count). The van der Waals surface area contributed by atoms with Crippen LogP contribution in [0.1, 0.15) is 15.9 Å². The summed E-state index contributed by atoms with van der Waals surface area (Å²) < 4.78 is 10.5. The van der Waals surface area contributed by atoms with Gasteiger partial charge in [0.25, 0.3) is 11.8 Å². The number of hydrogen-bond acceptors (Lipinski definition) is 6. The number of ether oxygens (including phenoxy) is 2. The molecule has 33 heavy (non-hydrogen) atoms. The quantitative estimate of drug-likeness (QED) is 0.313. The molecule has 0 spiro atoms. The predicted molar refractivity (Wildman–Crippen MR) is 122 cm³/mol. The van der Waals surface area contributed by atoms with Crippen LogP contribution in [0.5, 0.6) is 11.5 Å². The summed E-state index contributed by atoms with van der Waals surface area (Å²) in [5.41, 5.74) is 0.973. The maximum Gasteiger partial charge on any atom is 0.261 e. The van der Waals surface area contributed by atoms with E-state index in [4.69, 9.17) is 9.47 Å². The van der Waals surface area contributed by atoms with Gasteiger partial charge in [-0.1, -0.05) is 48.5 Å². The second kappa shape index (κ2) is 10.6. The average Bonchev–Trinajstić information content (AvgIpc) is 2.83. The predicted octanol–water partition coefficient (Wildman–Crippen LogP) is 2.73. The van der Waals surface area contributed by atoms with E-state index in [-0.39, 0.29) is 11.1 Å². The van der Waals surface area contributed by atoms with Gasteiger partial charge in [-0.25, -0.2) is 0 Å². The molecule has 0 aliphatic carbocycles. The molecule has 0 saturated carbocycles. The van der Waals surface area contributed by atoms with Crippen LogP contribution in [0.2, 0.25) is 0 Å². The third-order valence-electron chi connectivity index (χ3n) is 4.66. The van der Waals surface area contributed by atoms with Crippen LogP contribution in [-0.2, 0) is 9.59 Å². The molecule has 2 N–H and O–H groups in total. The van der Waals surface area contributed by atoms with Gasteiger partial charge in [0.1, 0.15) is 17.1 Å². The van der Waals surface area contributed by atoms with Gasteiger partial charge in [-0.3, -0.25) is 9.59 Å². The van der Waals surface area contributed by atoms with E-state index in [0.717, 1.165) is 0 Å². The number of anilines is 2. The third kappa shape index (κ3) is 5.76. The molecule has 0 saturated heterocycles. The summed E-state index contributed by atoms with van der Waals surface area (Å²) in [6, 6.07) is 19.2. The van der Waals surface area contributed by atoms with Crippen molar-refractivity contribution in [3.63, 3.8) is 0 Å². The highest BCUT2D eigenvalue weighted by Gasteiger charge is 2.21. The lowest BCUT2D eigenvalue weighted by molar-refractivity contribution is -0.255. The van der Waals surface area contributed by atoms with Crippen LogP contribution in [0.4, 0.5) is 11.4 Å². The monoisotopic (exact) mass is 445 g/mol. The molecule has 0 heterocycles. The van der Waals surface area contributed by atoms with E-state index in [9.17, 15) is 19.5 Å². The summed E-state index contributed by atoms with van der Waals surface area (Å²) in [6.45, 7) is 0. The van der Waals surface area contributed by atoms with Gasteiger partial charge in [-0.05, 0) is 41.5 Å². The maximum atomic E-state index is 13.1. The number of hydrogen-bond donors (Lipinski definition) is 2. The van der Waals surface area contributed by atoms with E-state index in [1.807, 2.05) is 0 Å². The number of aromatic carboxylic acids is 1. The lowest BCUT2D eigenvalue weighted by Crippen LogP contribution is -2.25. The molecule has 0 atom stereocenters. The Labute approximate surface area is 190 Å². The van der Waals surface area contributed by atoms with E-state index in [2.05, 4.69) is 10.6 Å². The average molecular weight is 445 g/mol. The van der Waals surface area contributed by atoms with E-state index >= 15 is 0 Å². The standard InChI is InChI=1S/C25H22N2O6/c1-32-21-9-5-3-7-19(21)26-23(28)18(15-16-11-13-17(14-12-16)25(30)31)24(29)27-20-8-4-6-10-22(20)33-2/h3-15H,1-2H3,(H,26,28)(H,27,29)(H,30,31)/p-1. The van der Waals surface area contributed by atoms with Crippen LogP contribution in [0, 0.1) is 0 Å². The minimum Gasteiger partial charge on any atom is -0.545 e. The number of carboxylic acids is 1. The number of nitrogens with one attached hydrogen (secondary N) is 2. The first-order valence-electron chi connectivity index (χ1n) is 9.84. The Kier molecular flexibility index (Phi) is 7.43. The molecular weight excluding hydrogens is 424 g/mol. The molecule has 0 aromatic heterocycles. The Balaban J connectivity index is 1.96. The van der Waals surface area contributed by atoms with Crippen molar-refractivity contribution in [3.8, 4) is 11.5 Å². The molecule has 0 aliphatic heterocycles. The van der Waals surface area contributed by atoms with E-state index in [0.29, 0.717) is 28.4 Å². The molecule has 3 aromatic carbocycles. The molecule has 3 aromatic rings. The third-order valence-corrected chi connectivity index (χ3v) is 4.66. The fourth-order valence-corrected chi connectivity index (χ4v) is 2.99. The second-order valence-corrected chi connectivity index (χ2v) is 6.78. The Hall–Kier alpha value is -4.59. The zero-order chi connectivity index (χ0) is 23.8. The molecule has 168 valence electrons. The number of carbonyl (C=O) groups is 3. The van der Waals surface area contributed by atoms with Crippen LogP contribution < -0.4 is 25.2 Å². The fourth-order valence-electron chi connectivity index (χ4n) is 2.99. The van der Waals surface area contributed by atoms with Gasteiger partial charge in [-0.2, -0.15) is 0 Å². The molecule has 8 heteroatoms. The number of amides is 2. The van der Waals surface area contributed by atoms with Gasteiger partial charge in [0.05, 0.1) is 31.6 Å². The van der Waals surface area contributed by atoms with Crippen molar-refractivity contribution in [3.05, 3.63) is 89.5 Å². The van der Waals surface area contributed by atoms with Gasteiger partial charge < -0.3 is 30.0 Å². The number of para-hydroxylation sites is 4. The summed E-state index contributed by atoms with van der Waals surface area (Å²) in [5, 5.41) is 16.4. The lowest BCUT2D eigenvalue weighted by Gasteiger charge is -2.14. The zero-order valence-electron chi connectivity index (χ0n) is 18.0. The fraction of sp³-hybridized carbons (Fsp3) is 0.0800. The van der Waals surface area contributed by atoms with Crippen molar-refractivity contribution >= 4 is 35.2 Å². The maximum absolute atomic E-state index is 13.1. The minimum atomic E-state index is -1.33. The second-order valence-electron chi connectivity index (χ2n) is 6.78. The topological polar surface area (TPSA) is 117 Å². The van der Waals surface area contributed by atoms with Gasteiger partial charge >= 0.3 is 0 Å². The van der Waals surface area contributed by atoms with Gasteiger partial charge in [0, 0.05) is 0 Å². The summed E-state index contributed by atoms with van der Waals surface area (Å²) in [6.07, 6.45) is 1.36. The highest BCUT2D eigenvalue weighted by atomic mass is 16.5. The smallest absolute Gasteiger partial charge is 0.261 e. The Morgan fingerprint density at radius 2 is 1.18 bits per heavy atom. The van der Waals surface area contributed by atoms with Crippen LogP contribution >= 0.6 is 0 Å². The van der Waals surface area contributed by atoms with E-state index < -0.39 is 17.8 Å². The summed E-state index contributed by atoms with van der Waals surface area (Å²) in [7, 11) is 2.93. The summed E-state index contributed by atoms with van der Waals surface area (Å²) >= 11 is 0. The first-order valence-corrected chi connectivity index (χ1v) is 9.84. The van der Waals surface area contributed by atoms with Gasteiger partial charge in [-0.15, -0.1) is 0 Å². The molecule has 0 aliphatic rings. The number of benzene rings is 3. The van der Waals surface area contributed by atoms with Crippen LogP contribution in [-0.4, -0.2) is 32.0 Å². The van der Waals surface area contributed by atoms with Crippen molar-refractivity contribution in [1.29, 1.82) is 0 Å². The SMILES string of the molecule is COc1ccccc1NC(=O)C(=Cc1ccc(C(=O)[O-])cc1)C(=O)Nc1ccccc1OC. The summed E-state index contributed by atoms with van der Waals surface area (Å²) in [5.74, 6) is -1.84. The van der Waals surface area contributed by atoms with E-state index in [1.165, 1.54) is 44.6 Å². The number of methoxy groups -OCH3 is 2. The minimum absolute atomic E-state index is 0.0225. The van der Waals surface area contributed by atoms with Crippen LogP contribution in [0.3, 0.4) is 0 Å². The van der Waals surface area contributed by atoms with Gasteiger partial charge in [0.2, 0.25) is 0 Å². The Morgan fingerprint density at radius 1 is 0.727 bits per heavy atom. The molecular formula is C25H21N2O6-. The number of carboxylic acid groups (broad SMARTS) is 1. The molecule has 0 unspecified atom stereocenters. The highest BCUT2D eigenvalue weighted by Crippen LogP contribution is 2.26. The van der Waals surface area contributed by atoms with Crippen LogP contribution in [0.25, 0.3) is 6.08 Å². The largest absolute Gasteiger partial charge is 0.545 e. The molecule has 0 fully saturated rings.